The highest BCUT2D eigenvalue weighted by Gasteiger charge is 2.16. The van der Waals surface area contributed by atoms with Gasteiger partial charge in [-0.25, -0.2) is 4.98 Å². The summed E-state index contributed by atoms with van der Waals surface area (Å²) in [7, 11) is 0. The zero-order chi connectivity index (χ0) is 13.2. The second-order valence-corrected chi connectivity index (χ2v) is 4.56. The van der Waals surface area contributed by atoms with Gasteiger partial charge in [0.15, 0.2) is 5.82 Å². The molecule has 0 spiro atoms. The zero-order valence-electron chi connectivity index (χ0n) is 10.4. The molecule has 1 amide bonds. The molecule has 0 aliphatic carbocycles. The number of H-pyrrole nitrogens is 1. The van der Waals surface area contributed by atoms with Crippen LogP contribution in [0.1, 0.15) is 17.8 Å². The third-order valence-electron chi connectivity index (χ3n) is 3.17. The number of aromatic nitrogens is 3. The number of carbonyl (C=O) groups excluding carboxylic acids is 1. The Kier molecular flexibility index (Phi) is 3.00. The quantitative estimate of drug-likeness (QED) is 0.759. The molecule has 1 aliphatic rings. The van der Waals surface area contributed by atoms with E-state index in [9.17, 15) is 4.79 Å². The van der Waals surface area contributed by atoms with E-state index in [4.69, 9.17) is 5.73 Å². The molecule has 3 rings (SSSR count). The van der Waals surface area contributed by atoms with Crippen molar-refractivity contribution in [2.75, 3.05) is 11.9 Å². The average molecular weight is 257 g/mol. The Morgan fingerprint density at radius 3 is 3.05 bits per heavy atom. The van der Waals surface area contributed by atoms with Crippen molar-refractivity contribution < 1.29 is 4.79 Å². The Morgan fingerprint density at radius 2 is 2.21 bits per heavy atom. The van der Waals surface area contributed by atoms with Crippen molar-refractivity contribution in [1.29, 1.82) is 0 Å². The first-order chi connectivity index (χ1) is 9.26. The third-order valence-corrected chi connectivity index (χ3v) is 3.17. The summed E-state index contributed by atoms with van der Waals surface area (Å²) in [6.45, 7) is 0.546. The number of aromatic amines is 1. The van der Waals surface area contributed by atoms with E-state index in [1.807, 2.05) is 18.2 Å². The van der Waals surface area contributed by atoms with E-state index in [2.05, 4.69) is 20.5 Å². The van der Waals surface area contributed by atoms with Gasteiger partial charge in [0, 0.05) is 24.1 Å². The Morgan fingerprint density at radius 1 is 1.32 bits per heavy atom. The van der Waals surface area contributed by atoms with Crippen LogP contribution >= 0.6 is 0 Å². The number of nitrogens with two attached hydrogens (primary N) is 1. The van der Waals surface area contributed by atoms with Crippen LogP contribution in [-0.2, 0) is 17.6 Å². The topological polar surface area (TPSA) is 96.7 Å². The lowest BCUT2D eigenvalue weighted by atomic mass is 10.0. The van der Waals surface area contributed by atoms with Crippen molar-refractivity contribution in [3.8, 4) is 11.4 Å². The maximum absolute atomic E-state index is 11.3. The number of hydrogen-bond donors (Lipinski definition) is 3. The van der Waals surface area contributed by atoms with E-state index in [0.717, 1.165) is 29.1 Å². The first kappa shape index (κ1) is 11.9. The van der Waals surface area contributed by atoms with Gasteiger partial charge in [-0.05, 0) is 36.7 Å². The number of aryl methyl sites for hydroxylation is 1. The fraction of sp³-hybridized carbons (Fsp3) is 0.308. The molecular weight excluding hydrogens is 242 g/mol. The summed E-state index contributed by atoms with van der Waals surface area (Å²) >= 11 is 0. The molecule has 0 atom stereocenters. The average Bonchev–Trinajstić information content (AvgIpc) is 2.87. The lowest BCUT2D eigenvalue weighted by molar-refractivity contribution is -0.116. The SMILES string of the molecule is NCCc1nc(-c2ccc3c(c2)CCC(=O)N3)n[nH]1. The van der Waals surface area contributed by atoms with Crippen LogP contribution in [0.2, 0.25) is 0 Å². The van der Waals surface area contributed by atoms with Gasteiger partial charge in [-0.2, -0.15) is 5.10 Å². The van der Waals surface area contributed by atoms with Gasteiger partial charge < -0.3 is 11.1 Å². The molecule has 1 aromatic heterocycles. The molecule has 6 heteroatoms. The maximum Gasteiger partial charge on any atom is 0.224 e. The number of nitrogens with zero attached hydrogens (tertiary/aromatic N) is 2. The van der Waals surface area contributed by atoms with Crippen LogP contribution in [0, 0.1) is 0 Å². The van der Waals surface area contributed by atoms with E-state index in [0.29, 0.717) is 25.2 Å². The van der Waals surface area contributed by atoms with Gasteiger partial charge in [-0.15, -0.1) is 0 Å². The van der Waals surface area contributed by atoms with Gasteiger partial charge in [-0.1, -0.05) is 0 Å². The van der Waals surface area contributed by atoms with Gasteiger partial charge in [-0.3, -0.25) is 9.89 Å². The van der Waals surface area contributed by atoms with Crippen LogP contribution in [0.25, 0.3) is 11.4 Å². The third kappa shape index (κ3) is 2.34. The smallest absolute Gasteiger partial charge is 0.224 e. The second kappa shape index (κ2) is 4.81. The van der Waals surface area contributed by atoms with Crippen molar-refractivity contribution >= 4 is 11.6 Å². The van der Waals surface area contributed by atoms with Crippen LogP contribution in [0.3, 0.4) is 0 Å². The Labute approximate surface area is 110 Å². The number of hydrogen-bond acceptors (Lipinski definition) is 4. The standard InChI is InChI=1S/C13H15N5O/c14-6-5-11-16-13(18-17-11)9-1-3-10-8(7-9)2-4-12(19)15-10/h1,3,7H,2,4-6,14H2,(H,15,19)(H,16,17,18). The monoisotopic (exact) mass is 257 g/mol. The van der Waals surface area contributed by atoms with E-state index in [1.54, 1.807) is 0 Å². The largest absolute Gasteiger partial charge is 0.330 e. The highest BCUT2D eigenvalue weighted by atomic mass is 16.1. The number of nitrogens with one attached hydrogen (secondary N) is 2. The number of fused-ring (bicyclic) bond motifs is 1. The summed E-state index contributed by atoms with van der Waals surface area (Å²) in [5.41, 5.74) is 8.45. The summed E-state index contributed by atoms with van der Waals surface area (Å²) in [6.07, 6.45) is 1.98. The van der Waals surface area contributed by atoms with E-state index in [-0.39, 0.29) is 5.91 Å². The summed E-state index contributed by atoms with van der Waals surface area (Å²) < 4.78 is 0. The molecule has 98 valence electrons. The van der Waals surface area contributed by atoms with Crippen molar-refractivity contribution in [3.63, 3.8) is 0 Å². The van der Waals surface area contributed by atoms with Crippen LogP contribution < -0.4 is 11.1 Å². The van der Waals surface area contributed by atoms with Crippen LogP contribution in [0.15, 0.2) is 18.2 Å². The summed E-state index contributed by atoms with van der Waals surface area (Å²) in [5.74, 6) is 1.54. The van der Waals surface area contributed by atoms with E-state index in [1.165, 1.54) is 0 Å². The van der Waals surface area contributed by atoms with Gasteiger partial charge in [0.2, 0.25) is 5.91 Å². The molecule has 0 radical (unpaired) electrons. The fourth-order valence-electron chi connectivity index (χ4n) is 2.20. The van der Waals surface area contributed by atoms with Gasteiger partial charge in [0.05, 0.1) is 0 Å². The number of rotatable bonds is 3. The molecule has 1 aromatic carbocycles. The van der Waals surface area contributed by atoms with Crippen LogP contribution in [-0.4, -0.2) is 27.6 Å². The number of amides is 1. The molecule has 19 heavy (non-hydrogen) atoms. The minimum absolute atomic E-state index is 0.0726. The van der Waals surface area contributed by atoms with Crippen LogP contribution in [0.5, 0.6) is 0 Å². The summed E-state index contributed by atoms with van der Waals surface area (Å²) in [4.78, 5) is 15.7. The molecule has 4 N–H and O–H groups in total. The van der Waals surface area contributed by atoms with Gasteiger partial charge in [0.25, 0.3) is 0 Å². The molecule has 2 heterocycles. The first-order valence-electron chi connectivity index (χ1n) is 6.31. The fourth-order valence-corrected chi connectivity index (χ4v) is 2.20. The Bertz CT molecular complexity index is 619. The van der Waals surface area contributed by atoms with Gasteiger partial charge in [0.1, 0.15) is 5.82 Å². The highest BCUT2D eigenvalue weighted by molar-refractivity contribution is 5.94. The Balaban J connectivity index is 1.90. The zero-order valence-corrected chi connectivity index (χ0v) is 10.4. The van der Waals surface area contributed by atoms with Crippen molar-refractivity contribution in [2.45, 2.75) is 19.3 Å². The minimum Gasteiger partial charge on any atom is -0.330 e. The minimum atomic E-state index is 0.0726. The second-order valence-electron chi connectivity index (χ2n) is 4.56. The van der Waals surface area contributed by atoms with Gasteiger partial charge >= 0.3 is 0 Å². The summed E-state index contributed by atoms with van der Waals surface area (Å²) in [5, 5.41) is 9.93. The first-order valence-corrected chi connectivity index (χ1v) is 6.31. The predicted octanol–water partition coefficient (Wildman–Crippen LogP) is 0.858. The number of carbonyl (C=O) groups is 1. The molecule has 2 aromatic rings. The van der Waals surface area contributed by atoms with Crippen molar-refractivity contribution in [1.82, 2.24) is 15.2 Å². The Hall–Kier alpha value is -2.21. The van der Waals surface area contributed by atoms with Crippen molar-refractivity contribution in [3.05, 3.63) is 29.6 Å². The summed E-state index contributed by atoms with van der Waals surface area (Å²) in [6, 6.07) is 5.85. The van der Waals surface area contributed by atoms with E-state index < -0.39 is 0 Å². The number of anilines is 1. The molecule has 0 saturated heterocycles. The highest BCUT2D eigenvalue weighted by Crippen LogP contribution is 2.27. The molecule has 0 bridgehead atoms. The molecule has 0 fully saturated rings. The lowest BCUT2D eigenvalue weighted by Gasteiger charge is -2.16. The van der Waals surface area contributed by atoms with E-state index >= 15 is 0 Å². The maximum atomic E-state index is 11.3. The molecule has 0 unspecified atom stereocenters. The number of benzene rings is 1. The molecular formula is C13H15N5O. The molecule has 6 nitrogen and oxygen atoms in total. The van der Waals surface area contributed by atoms with Crippen LogP contribution in [0.4, 0.5) is 5.69 Å². The lowest BCUT2D eigenvalue weighted by Crippen LogP contribution is -2.18. The normalized spacial score (nSPS) is 14.1. The molecule has 1 aliphatic heterocycles. The molecule has 0 saturated carbocycles. The van der Waals surface area contributed by atoms with Crippen molar-refractivity contribution in [2.24, 2.45) is 5.73 Å². The predicted molar refractivity (Wildman–Crippen MR) is 71.5 cm³/mol.